The van der Waals surface area contributed by atoms with Crippen LogP contribution in [0.15, 0.2) is 46.9 Å². The number of hydrogen-bond acceptors (Lipinski definition) is 5. The Kier molecular flexibility index (Phi) is 6.14. The van der Waals surface area contributed by atoms with Gasteiger partial charge >= 0.3 is 5.97 Å². The largest absolute Gasteiger partial charge is 0.497 e. The molecule has 2 aromatic carbocycles. The van der Waals surface area contributed by atoms with E-state index in [1.54, 1.807) is 36.4 Å². The Hall–Kier alpha value is -2.85. The summed E-state index contributed by atoms with van der Waals surface area (Å²) in [6.45, 7) is 1.45. The summed E-state index contributed by atoms with van der Waals surface area (Å²) in [4.78, 5) is 24.5. The minimum atomic E-state index is -1.04. The summed E-state index contributed by atoms with van der Waals surface area (Å²) in [5.41, 5.74) is 0.932. The van der Waals surface area contributed by atoms with Crippen molar-refractivity contribution in [2.75, 3.05) is 12.4 Å². The first kappa shape index (κ1) is 18.5. The van der Waals surface area contributed by atoms with Crippen LogP contribution in [0.4, 0.5) is 5.69 Å². The zero-order chi connectivity index (χ0) is 18.4. The highest BCUT2D eigenvalue weighted by molar-refractivity contribution is 9.10. The van der Waals surface area contributed by atoms with Gasteiger partial charge in [0.2, 0.25) is 0 Å². The van der Waals surface area contributed by atoms with E-state index in [-0.39, 0.29) is 5.56 Å². The molecular formula is C18H15BrN2O4. The minimum absolute atomic E-state index is 0.247. The summed E-state index contributed by atoms with van der Waals surface area (Å²) in [6.07, 6.45) is -1.04. The summed E-state index contributed by atoms with van der Waals surface area (Å²) < 4.78 is 10.8. The van der Waals surface area contributed by atoms with E-state index < -0.39 is 18.0 Å². The molecule has 25 heavy (non-hydrogen) atoms. The van der Waals surface area contributed by atoms with Gasteiger partial charge in [0.1, 0.15) is 11.8 Å². The first-order valence-corrected chi connectivity index (χ1v) is 8.10. The molecule has 0 unspecified atom stereocenters. The monoisotopic (exact) mass is 402 g/mol. The highest BCUT2D eigenvalue weighted by atomic mass is 79.9. The van der Waals surface area contributed by atoms with E-state index in [1.165, 1.54) is 20.1 Å². The lowest BCUT2D eigenvalue weighted by atomic mass is 10.2. The highest BCUT2D eigenvalue weighted by Gasteiger charge is 2.21. The van der Waals surface area contributed by atoms with Gasteiger partial charge in [0, 0.05) is 4.47 Å². The van der Waals surface area contributed by atoms with E-state index in [2.05, 4.69) is 21.2 Å². The Bertz CT molecular complexity index is 845. The fourth-order valence-corrected chi connectivity index (χ4v) is 2.40. The highest BCUT2D eigenvalue weighted by Crippen LogP contribution is 2.23. The Morgan fingerprint density at radius 3 is 2.64 bits per heavy atom. The molecule has 6 nitrogen and oxygen atoms in total. The van der Waals surface area contributed by atoms with Gasteiger partial charge in [-0.2, -0.15) is 5.26 Å². The number of carbonyl (C=O) groups is 2. The average molecular weight is 403 g/mol. The number of ether oxygens (including phenoxy) is 2. The van der Waals surface area contributed by atoms with Crippen molar-refractivity contribution in [3.05, 3.63) is 58.1 Å². The lowest BCUT2D eigenvalue weighted by molar-refractivity contribution is -0.123. The number of nitrogens with zero attached hydrogens (tertiary/aromatic N) is 1. The maximum Gasteiger partial charge on any atom is 0.340 e. The van der Waals surface area contributed by atoms with Crippen LogP contribution in [0.5, 0.6) is 5.75 Å². The van der Waals surface area contributed by atoms with Gasteiger partial charge in [0.25, 0.3) is 5.91 Å². The summed E-state index contributed by atoms with van der Waals surface area (Å²) in [6, 6.07) is 13.4. The molecule has 7 heteroatoms. The molecule has 1 atom stereocenters. The van der Waals surface area contributed by atoms with Crippen LogP contribution < -0.4 is 10.1 Å². The molecule has 1 N–H and O–H groups in total. The molecule has 0 aliphatic heterocycles. The quantitative estimate of drug-likeness (QED) is 0.772. The number of nitriles is 1. The summed E-state index contributed by atoms with van der Waals surface area (Å²) >= 11 is 3.27. The third-order valence-electron chi connectivity index (χ3n) is 3.35. The van der Waals surface area contributed by atoms with E-state index in [0.29, 0.717) is 21.5 Å². The van der Waals surface area contributed by atoms with Crippen LogP contribution in [0.25, 0.3) is 0 Å². The molecule has 0 aromatic heterocycles. The molecule has 0 radical (unpaired) electrons. The number of hydrogen-bond donors (Lipinski definition) is 1. The first-order chi connectivity index (χ1) is 12.0. The lowest BCUT2D eigenvalue weighted by Crippen LogP contribution is -2.30. The SMILES string of the molecule is COc1ccc(Br)c(C(=O)O[C@H](C)C(=O)Nc2ccccc2C#N)c1. The van der Waals surface area contributed by atoms with Gasteiger partial charge in [-0.15, -0.1) is 0 Å². The second kappa shape index (κ2) is 8.31. The maximum atomic E-state index is 12.3. The molecule has 0 saturated carbocycles. The average Bonchev–Trinajstić information content (AvgIpc) is 2.62. The van der Waals surface area contributed by atoms with Crippen molar-refractivity contribution < 1.29 is 19.1 Å². The van der Waals surface area contributed by atoms with E-state index in [4.69, 9.17) is 14.7 Å². The van der Waals surface area contributed by atoms with Crippen molar-refractivity contribution in [1.82, 2.24) is 0 Å². The van der Waals surface area contributed by atoms with Gasteiger partial charge in [-0.25, -0.2) is 4.79 Å². The number of benzene rings is 2. The first-order valence-electron chi connectivity index (χ1n) is 7.30. The number of rotatable bonds is 5. The zero-order valence-electron chi connectivity index (χ0n) is 13.6. The van der Waals surface area contributed by atoms with E-state index in [9.17, 15) is 9.59 Å². The molecule has 0 spiro atoms. The van der Waals surface area contributed by atoms with Gasteiger partial charge in [-0.1, -0.05) is 12.1 Å². The third-order valence-corrected chi connectivity index (χ3v) is 4.04. The topological polar surface area (TPSA) is 88.4 Å². The van der Waals surface area contributed by atoms with Gasteiger partial charge in [0.15, 0.2) is 6.10 Å². The molecule has 0 aliphatic rings. The van der Waals surface area contributed by atoms with E-state index >= 15 is 0 Å². The summed E-state index contributed by atoms with van der Waals surface area (Å²) in [5, 5.41) is 11.6. The Labute approximate surface area is 153 Å². The third kappa shape index (κ3) is 4.58. The van der Waals surface area contributed by atoms with Crippen molar-refractivity contribution in [1.29, 1.82) is 5.26 Å². The summed E-state index contributed by atoms with van der Waals surface area (Å²) in [7, 11) is 1.49. The molecule has 1 amide bonds. The number of methoxy groups -OCH3 is 1. The van der Waals surface area contributed by atoms with Crippen LogP contribution in [-0.2, 0) is 9.53 Å². The molecule has 0 fully saturated rings. The van der Waals surface area contributed by atoms with Crippen molar-refractivity contribution in [2.45, 2.75) is 13.0 Å². The van der Waals surface area contributed by atoms with Crippen LogP contribution >= 0.6 is 15.9 Å². The number of anilines is 1. The number of para-hydroxylation sites is 1. The van der Waals surface area contributed by atoms with E-state index in [1.807, 2.05) is 6.07 Å². The standard InChI is InChI=1S/C18H15BrN2O4/c1-11(17(22)21-16-6-4-3-5-12(16)10-20)25-18(23)14-9-13(24-2)7-8-15(14)19/h3-9,11H,1-2H3,(H,21,22)/t11-/m1/s1. The number of nitrogens with one attached hydrogen (secondary N) is 1. The molecule has 0 saturated heterocycles. The molecule has 2 aromatic rings. The van der Waals surface area contributed by atoms with Crippen molar-refractivity contribution in [2.24, 2.45) is 0 Å². The Morgan fingerprint density at radius 2 is 1.96 bits per heavy atom. The van der Waals surface area contributed by atoms with Gasteiger partial charge in [-0.3, -0.25) is 4.79 Å². The smallest absolute Gasteiger partial charge is 0.340 e. The van der Waals surface area contributed by atoms with Crippen LogP contribution in [0.1, 0.15) is 22.8 Å². The second-order valence-electron chi connectivity index (χ2n) is 5.04. The van der Waals surface area contributed by atoms with Crippen molar-refractivity contribution in [3.63, 3.8) is 0 Å². The molecule has 0 bridgehead atoms. The molecule has 128 valence electrons. The van der Waals surface area contributed by atoms with Gasteiger partial charge in [0.05, 0.1) is 23.9 Å². The normalized spacial score (nSPS) is 11.1. The predicted octanol–water partition coefficient (Wildman–Crippen LogP) is 3.51. The van der Waals surface area contributed by atoms with Crippen LogP contribution in [0, 0.1) is 11.3 Å². The van der Waals surface area contributed by atoms with Crippen LogP contribution in [-0.4, -0.2) is 25.1 Å². The predicted molar refractivity (Wildman–Crippen MR) is 95.4 cm³/mol. The fourth-order valence-electron chi connectivity index (χ4n) is 1.99. The molecule has 2 rings (SSSR count). The second-order valence-corrected chi connectivity index (χ2v) is 5.89. The lowest BCUT2D eigenvalue weighted by Gasteiger charge is -2.15. The van der Waals surface area contributed by atoms with Gasteiger partial charge < -0.3 is 14.8 Å². The van der Waals surface area contributed by atoms with Crippen molar-refractivity contribution >= 4 is 33.5 Å². The fraction of sp³-hybridized carbons (Fsp3) is 0.167. The number of halogens is 1. The number of amides is 1. The molecule has 0 heterocycles. The Morgan fingerprint density at radius 1 is 1.24 bits per heavy atom. The van der Waals surface area contributed by atoms with Crippen LogP contribution in [0.2, 0.25) is 0 Å². The number of carbonyl (C=O) groups excluding carboxylic acids is 2. The van der Waals surface area contributed by atoms with E-state index in [0.717, 1.165) is 0 Å². The number of esters is 1. The summed E-state index contributed by atoms with van der Waals surface area (Å²) in [5.74, 6) is -0.702. The minimum Gasteiger partial charge on any atom is -0.497 e. The molecular weight excluding hydrogens is 388 g/mol. The van der Waals surface area contributed by atoms with Crippen molar-refractivity contribution in [3.8, 4) is 11.8 Å². The maximum absolute atomic E-state index is 12.3. The zero-order valence-corrected chi connectivity index (χ0v) is 15.2. The van der Waals surface area contributed by atoms with Gasteiger partial charge in [-0.05, 0) is 53.2 Å². The van der Waals surface area contributed by atoms with Crippen LogP contribution in [0.3, 0.4) is 0 Å². The Balaban J connectivity index is 2.08. The molecule has 0 aliphatic carbocycles.